The van der Waals surface area contributed by atoms with Crippen LogP contribution in [-0.2, 0) is 16.6 Å². The first-order valence-corrected chi connectivity index (χ1v) is 7.14. The molecule has 0 saturated heterocycles. The molecule has 2 rings (SSSR count). The molecule has 0 fully saturated rings. The van der Waals surface area contributed by atoms with Crippen LogP contribution in [0.5, 0.6) is 0 Å². The highest BCUT2D eigenvalue weighted by molar-refractivity contribution is 7.89. The zero-order chi connectivity index (χ0) is 13.2. The zero-order valence-corrected chi connectivity index (χ0v) is 10.6. The highest BCUT2D eigenvalue weighted by Crippen LogP contribution is 2.19. The third-order valence-electron chi connectivity index (χ3n) is 2.12. The molecule has 2 heterocycles. The maximum absolute atomic E-state index is 11.8. The molecule has 3 N–H and O–H groups in total. The second kappa shape index (κ2) is 4.88. The van der Waals surface area contributed by atoms with Gasteiger partial charge in [-0.3, -0.25) is 5.10 Å². The van der Waals surface area contributed by atoms with Crippen LogP contribution in [0.4, 0.5) is 0 Å². The molecule has 0 atom stereocenters. The normalized spacial score (nSPS) is 11.6. The van der Waals surface area contributed by atoms with Crippen molar-refractivity contribution in [2.75, 3.05) is 0 Å². The van der Waals surface area contributed by atoms with E-state index < -0.39 is 16.0 Å². The molecule has 96 valence electrons. The van der Waals surface area contributed by atoms with Crippen molar-refractivity contribution in [2.45, 2.75) is 11.4 Å². The quantitative estimate of drug-likeness (QED) is 0.747. The summed E-state index contributed by atoms with van der Waals surface area (Å²) in [7, 11) is -3.69. The molecule has 0 saturated carbocycles. The molecule has 2 aromatic rings. The van der Waals surface area contributed by atoms with Gasteiger partial charge in [0.15, 0.2) is 0 Å². The van der Waals surface area contributed by atoms with Crippen LogP contribution in [0.1, 0.15) is 15.2 Å². The van der Waals surface area contributed by atoms with Gasteiger partial charge in [0.2, 0.25) is 10.0 Å². The fourth-order valence-corrected chi connectivity index (χ4v) is 3.34. The first-order valence-electron chi connectivity index (χ1n) is 4.78. The fourth-order valence-electron chi connectivity index (χ4n) is 1.21. The summed E-state index contributed by atoms with van der Waals surface area (Å²) in [5, 5.41) is 16.3. The second-order valence-corrected chi connectivity index (χ2v) is 6.06. The average Bonchev–Trinajstić information content (AvgIpc) is 2.98. The average molecular weight is 287 g/mol. The number of rotatable bonds is 5. The molecule has 18 heavy (non-hydrogen) atoms. The van der Waals surface area contributed by atoms with Crippen LogP contribution in [-0.4, -0.2) is 29.7 Å². The molecule has 0 aliphatic heterocycles. The Balaban J connectivity index is 2.12. The van der Waals surface area contributed by atoms with Crippen LogP contribution in [0.25, 0.3) is 0 Å². The van der Waals surface area contributed by atoms with Crippen molar-refractivity contribution in [3.8, 4) is 0 Å². The summed E-state index contributed by atoms with van der Waals surface area (Å²) in [4.78, 5) is 10.6. The van der Waals surface area contributed by atoms with Crippen LogP contribution < -0.4 is 4.72 Å². The van der Waals surface area contributed by atoms with Gasteiger partial charge in [0, 0.05) is 23.7 Å². The number of carbonyl (C=O) groups is 1. The number of sulfonamides is 1. The largest absolute Gasteiger partial charge is 0.477 e. The summed E-state index contributed by atoms with van der Waals surface area (Å²) in [6.07, 6.45) is 3.07. The lowest BCUT2D eigenvalue weighted by Crippen LogP contribution is -2.22. The van der Waals surface area contributed by atoms with Crippen LogP contribution in [0.2, 0.25) is 0 Å². The number of hydrogen-bond donors (Lipinski definition) is 3. The van der Waals surface area contributed by atoms with Crippen molar-refractivity contribution in [3.63, 3.8) is 0 Å². The van der Waals surface area contributed by atoms with Crippen LogP contribution in [0.3, 0.4) is 0 Å². The van der Waals surface area contributed by atoms with E-state index in [1.807, 2.05) is 0 Å². The molecule has 0 aliphatic carbocycles. The minimum absolute atomic E-state index is 0.0151. The Morgan fingerprint density at radius 1 is 1.56 bits per heavy atom. The van der Waals surface area contributed by atoms with Crippen molar-refractivity contribution >= 4 is 27.3 Å². The maximum atomic E-state index is 11.8. The standard InChI is InChI=1S/C9H9N3O4S2/c13-9(14)8-1-7(5-17-8)18(15,16)12-4-6-2-10-11-3-6/h1-3,5,12H,4H2,(H,10,11)(H,13,14). The number of carboxylic acids is 1. The molecule has 0 radical (unpaired) electrons. The smallest absolute Gasteiger partial charge is 0.345 e. The van der Waals surface area contributed by atoms with Gasteiger partial charge in [-0.2, -0.15) is 5.10 Å². The van der Waals surface area contributed by atoms with E-state index in [1.165, 1.54) is 11.6 Å². The van der Waals surface area contributed by atoms with Crippen molar-refractivity contribution in [1.29, 1.82) is 0 Å². The zero-order valence-electron chi connectivity index (χ0n) is 8.95. The van der Waals surface area contributed by atoms with Gasteiger partial charge in [-0.05, 0) is 6.07 Å². The number of thiophene rings is 1. The Labute approximate surface area is 107 Å². The Kier molecular flexibility index (Phi) is 3.45. The molecular formula is C9H9N3O4S2. The lowest BCUT2D eigenvalue weighted by atomic mass is 10.4. The number of hydrogen-bond acceptors (Lipinski definition) is 5. The molecule has 0 bridgehead atoms. The topological polar surface area (TPSA) is 112 Å². The van der Waals surface area contributed by atoms with E-state index in [0.717, 1.165) is 17.4 Å². The lowest BCUT2D eigenvalue weighted by molar-refractivity contribution is 0.0702. The molecule has 0 spiro atoms. The van der Waals surface area contributed by atoms with Crippen LogP contribution in [0, 0.1) is 0 Å². The van der Waals surface area contributed by atoms with Gasteiger partial charge in [-0.15, -0.1) is 11.3 Å². The summed E-state index contributed by atoms with van der Waals surface area (Å²) in [5.41, 5.74) is 0.687. The first kappa shape index (κ1) is 12.7. The third-order valence-corrected chi connectivity index (χ3v) is 4.57. The number of carboxylic acid groups (broad SMARTS) is 1. The fraction of sp³-hybridized carbons (Fsp3) is 0.111. The molecule has 9 heteroatoms. The summed E-state index contributed by atoms with van der Waals surface area (Å²) in [6.45, 7) is 0.0943. The van der Waals surface area contributed by atoms with E-state index in [1.54, 1.807) is 6.20 Å². The van der Waals surface area contributed by atoms with Gasteiger partial charge in [0.05, 0.1) is 11.1 Å². The van der Waals surface area contributed by atoms with Gasteiger partial charge >= 0.3 is 5.97 Å². The highest BCUT2D eigenvalue weighted by atomic mass is 32.2. The lowest BCUT2D eigenvalue weighted by Gasteiger charge is -2.02. The monoisotopic (exact) mass is 287 g/mol. The van der Waals surface area contributed by atoms with Gasteiger partial charge < -0.3 is 5.11 Å². The number of nitrogens with one attached hydrogen (secondary N) is 2. The van der Waals surface area contributed by atoms with Gasteiger partial charge in [0.1, 0.15) is 4.88 Å². The van der Waals surface area contributed by atoms with Crippen molar-refractivity contribution < 1.29 is 18.3 Å². The number of aromatic nitrogens is 2. The number of nitrogens with zero attached hydrogens (tertiary/aromatic N) is 1. The Hall–Kier alpha value is -1.71. The van der Waals surface area contributed by atoms with Crippen LogP contribution >= 0.6 is 11.3 Å². The molecule has 0 aliphatic rings. The molecule has 2 aromatic heterocycles. The predicted molar refractivity (Wildman–Crippen MR) is 63.9 cm³/mol. The summed E-state index contributed by atoms with van der Waals surface area (Å²) < 4.78 is 26.0. The number of aromatic carboxylic acids is 1. The van der Waals surface area contributed by atoms with E-state index in [2.05, 4.69) is 14.9 Å². The van der Waals surface area contributed by atoms with Gasteiger partial charge in [-0.1, -0.05) is 0 Å². The van der Waals surface area contributed by atoms with Gasteiger partial charge in [-0.25, -0.2) is 17.9 Å². The highest BCUT2D eigenvalue weighted by Gasteiger charge is 2.18. The predicted octanol–water partition coefficient (Wildman–Crippen LogP) is 0.648. The minimum Gasteiger partial charge on any atom is -0.477 e. The number of aromatic amines is 1. The van der Waals surface area contributed by atoms with E-state index in [0.29, 0.717) is 5.56 Å². The van der Waals surface area contributed by atoms with E-state index in [9.17, 15) is 13.2 Å². The molecular weight excluding hydrogens is 278 g/mol. The van der Waals surface area contributed by atoms with Crippen molar-refractivity contribution in [1.82, 2.24) is 14.9 Å². The summed E-state index contributed by atoms with van der Waals surface area (Å²) in [5.74, 6) is -1.14. The van der Waals surface area contributed by atoms with Crippen LogP contribution in [0.15, 0.2) is 28.7 Å². The molecule has 0 aromatic carbocycles. The molecule has 7 nitrogen and oxygen atoms in total. The first-order chi connectivity index (χ1) is 8.49. The van der Waals surface area contributed by atoms with E-state index in [4.69, 9.17) is 5.11 Å². The van der Waals surface area contributed by atoms with Crippen molar-refractivity contribution in [3.05, 3.63) is 34.3 Å². The maximum Gasteiger partial charge on any atom is 0.345 e. The Morgan fingerprint density at radius 2 is 2.33 bits per heavy atom. The van der Waals surface area contributed by atoms with E-state index >= 15 is 0 Å². The number of H-pyrrole nitrogens is 1. The minimum atomic E-state index is -3.69. The SMILES string of the molecule is O=C(O)c1cc(S(=O)(=O)NCc2cn[nH]c2)cs1. The molecule has 0 unspecified atom stereocenters. The second-order valence-electron chi connectivity index (χ2n) is 3.38. The summed E-state index contributed by atoms with van der Waals surface area (Å²) >= 11 is 0.871. The Morgan fingerprint density at radius 3 is 2.89 bits per heavy atom. The van der Waals surface area contributed by atoms with Gasteiger partial charge in [0.25, 0.3) is 0 Å². The Bertz CT molecular complexity index is 645. The molecule has 0 amide bonds. The van der Waals surface area contributed by atoms with Crippen molar-refractivity contribution in [2.24, 2.45) is 0 Å². The van der Waals surface area contributed by atoms with E-state index in [-0.39, 0.29) is 16.3 Å². The third kappa shape index (κ3) is 2.75. The summed E-state index contributed by atoms with van der Waals surface area (Å²) in [6, 6.07) is 1.13.